The Labute approximate surface area is 122 Å². The highest BCUT2D eigenvalue weighted by Gasteiger charge is 2.33. The number of carbonyl (C=O) groups is 2. The fraction of sp³-hybridized carbons (Fsp3) is 0.571. The maximum atomic E-state index is 12.2. The molecule has 1 aliphatic carbocycles. The number of hydrogen-bond donors (Lipinski definition) is 2. The van der Waals surface area contributed by atoms with Gasteiger partial charge in [-0.1, -0.05) is 12.8 Å². The quantitative estimate of drug-likeness (QED) is 0.842. The molecule has 1 aromatic heterocycles. The molecule has 1 amide bonds. The number of hydrogen-bond acceptors (Lipinski definition) is 3. The van der Waals surface area contributed by atoms with Crippen molar-refractivity contribution in [3.8, 4) is 0 Å². The number of rotatable bonds is 6. The molecular formula is C14H20N2O3S. The van der Waals surface area contributed by atoms with Gasteiger partial charge in [0, 0.05) is 17.5 Å². The van der Waals surface area contributed by atoms with E-state index < -0.39 is 5.97 Å². The van der Waals surface area contributed by atoms with E-state index >= 15 is 0 Å². The first kappa shape index (κ1) is 15.0. The lowest BCUT2D eigenvalue weighted by Crippen LogP contribution is -2.39. The Morgan fingerprint density at radius 2 is 2.15 bits per heavy atom. The molecular weight excluding hydrogens is 276 g/mol. The van der Waals surface area contributed by atoms with E-state index in [0.29, 0.717) is 12.2 Å². The summed E-state index contributed by atoms with van der Waals surface area (Å²) in [4.78, 5) is 22.9. The van der Waals surface area contributed by atoms with Crippen LogP contribution >= 0.6 is 11.8 Å². The Morgan fingerprint density at radius 3 is 2.75 bits per heavy atom. The van der Waals surface area contributed by atoms with Crippen molar-refractivity contribution in [1.82, 2.24) is 9.88 Å². The second-order valence-corrected chi connectivity index (χ2v) is 6.47. The molecule has 0 aliphatic heterocycles. The van der Waals surface area contributed by atoms with Gasteiger partial charge in [0.2, 0.25) is 0 Å². The number of nitrogens with zero attached hydrogens (tertiary/aromatic N) is 1. The standard InChI is InChI=1S/C14H20N2O3S/c1-20-14(6-2-3-7-14)10-15-13(19)11-5-4-8-16(11)9-12(17)18/h4-5,8H,2-3,6-7,9-10H2,1H3,(H,15,19)(H,17,18). The van der Waals surface area contributed by atoms with Gasteiger partial charge in [0.15, 0.2) is 0 Å². The molecule has 1 aliphatic rings. The predicted molar refractivity (Wildman–Crippen MR) is 79.1 cm³/mol. The van der Waals surface area contributed by atoms with Crippen LogP contribution in [0.5, 0.6) is 0 Å². The molecule has 110 valence electrons. The molecule has 0 saturated heterocycles. The van der Waals surface area contributed by atoms with Gasteiger partial charge in [-0.15, -0.1) is 0 Å². The largest absolute Gasteiger partial charge is 0.480 e. The summed E-state index contributed by atoms with van der Waals surface area (Å²) in [5, 5.41) is 11.8. The number of thioether (sulfide) groups is 1. The maximum Gasteiger partial charge on any atom is 0.323 e. The van der Waals surface area contributed by atoms with Gasteiger partial charge in [-0.3, -0.25) is 9.59 Å². The molecule has 0 atom stereocenters. The lowest BCUT2D eigenvalue weighted by atomic mass is 10.1. The van der Waals surface area contributed by atoms with E-state index in [2.05, 4.69) is 11.6 Å². The van der Waals surface area contributed by atoms with Gasteiger partial charge < -0.3 is 15.0 Å². The molecule has 0 radical (unpaired) electrons. The minimum Gasteiger partial charge on any atom is -0.480 e. The van der Waals surface area contributed by atoms with Gasteiger partial charge in [-0.2, -0.15) is 11.8 Å². The molecule has 20 heavy (non-hydrogen) atoms. The van der Waals surface area contributed by atoms with Crippen molar-refractivity contribution in [3.63, 3.8) is 0 Å². The molecule has 0 aromatic carbocycles. The number of aliphatic carboxylic acids is 1. The summed E-state index contributed by atoms with van der Waals surface area (Å²) in [5.74, 6) is -1.15. The molecule has 0 unspecified atom stereocenters. The summed E-state index contributed by atoms with van der Waals surface area (Å²) in [6.45, 7) is 0.453. The molecule has 1 saturated carbocycles. The van der Waals surface area contributed by atoms with Crippen LogP contribution in [0.25, 0.3) is 0 Å². The topological polar surface area (TPSA) is 71.3 Å². The SMILES string of the molecule is CSC1(CNC(=O)c2cccn2CC(=O)O)CCCC1. The highest BCUT2D eigenvalue weighted by atomic mass is 32.2. The number of carboxylic acid groups (broad SMARTS) is 1. The van der Waals surface area contributed by atoms with E-state index in [-0.39, 0.29) is 17.2 Å². The Balaban J connectivity index is 1.98. The second-order valence-electron chi connectivity index (χ2n) is 5.19. The van der Waals surface area contributed by atoms with Crippen LogP contribution < -0.4 is 5.32 Å². The normalized spacial score (nSPS) is 17.1. The lowest BCUT2D eigenvalue weighted by molar-refractivity contribution is -0.137. The van der Waals surface area contributed by atoms with Crippen molar-refractivity contribution in [3.05, 3.63) is 24.0 Å². The number of aromatic nitrogens is 1. The summed E-state index contributed by atoms with van der Waals surface area (Å²) in [7, 11) is 0. The van der Waals surface area contributed by atoms with Gasteiger partial charge in [-0.25, -0.2) is 0 Å². The van der Waals surface area contributed by atoms with Crippen LogP contribution in [0, 0.1) is 0 Å². The molecule has 5 nitrogen and oxygen atoms in total. The van der Waals surface area contributed by atoms with E-state index in [1.54, 1.807) is 18.3 Å². The third-order valence-electron chi connectivity index (χ3n) is 3.89. The summed E-state index contributed by atoms with van der Waals surface area (Å²) in [6, 6.07) is 3.34. The van der Waals surface area contributed by atoms with Crippen molar-refractivity contribution >= 4 is 23.6 Å². The summed E-state index contributed by atoms with van der Waals surface area (Å²) >= 11 is 1.82. The fourth-order valence-corrected chi connectivity index (χ4v) is 3.62. The zero-order chi connectivity index (χ0) is 14.6. The van der Waals surface area contributed by atoms with Crippen LogP contribution in [0.2, 0.25) is 0 Å². The fourth-order valence-electron chi connectivity index (χ4n) is 2.71. The van der Waals surface area contributed by atoms with E-state index in [0.717, 1.165) is 12.8 Å². The highest BCUT2D eigenvalue weighted by Crippen LogP contribution is 2.39. The minimum atomic E-state index is -0.952. The van der Waals surface area contributed by atoms with Gasteiger partial charge in [0.1, 0.15) is 12.2 Å². The van der Waals surface area contributed by atoms with E-state index in [4.69, 9.17) is 5.11 Å². The Bertz CT molecular complexity index is 492. The molecule has 0 bridgehead atoms. The average molecular weight is 296 g/mol. The smallest absolute Gasteiger partial charge is 0.323 e. The van der Waals surface area contributed by atoms with Crippen molar-refractivity contribution in [2.24, 2.45) is 0 Å². The van der Waals surface area contributed by atoms with Crippen LogP contribution in [0.4, 0.5) is 0 Å². The van der Waals surface area contributed by atoms with Crippen molar-refractivity contribution in [1.29, 1.82) is 0 Å². The Morgan fingerprint density at radius 1 is 1.45 bits per heavy atom. The monoisotopic (exact) mass is 296 g/mol. The molecule has 1 fully saturated rings. The first-order valence-corrected chi connectivity index (χ1v) is 7.99. The van der Waals surface area contributed by atoms with Gasteiger partial charge in [0.25, 0.3) is 5.91 Å². The Hall–Kier alpha value is -1.43. The van der Waals surface area contributed by atoms with Crippen LogP contribution in [0.3, 0.4) is 0 Å². The summed E-state index contributed by atoms with van der Waals surface area (Å²) in [6.07, 6.45) is 8.39. The molecule has 1 aromatic rings. The van der Waals surface area contributed by atoms with Crippen LogP contribution in [0.1, 0.15) is 36.2 Å². The van der Waals surface area contributed by atoms with E-state index in [1.807, 2.05) is 11.8 Å². The highest BCUT2D eigenvalue weighted by molar-refractivity contribution is 8.00. The first-order chi connectivity index (χ1) is 9.56. The minimum absolute atomic E-state index is 0.153. The van der Waals surface area contributed by atoms with Crippen LogP contribution in [0.15, 0.2) is 18.3 Å². The summed E-state index contributed by atoms with van der Waals surface area (Å²) < 4.78 is 1.61. The van der Waals surface area contributed by atoms with Crippen molar-refractivity contribution in [2.45, 2.75) is 37.0 Å². The average Bonchev–Trinajstić information content (AvgIpc) is 3.05. The predicted octanol–water partition coefficient (Wildman–Crippen LogP) is 1.98. The van der Waals surface area contributed by atoms with Crippen molar-refractivity contribution in [2.75, 3.05) is 12.8 Å². The molecule has 2 N–H and O–H groups in total. The zero-order valence-electron chi connectivity index (χ0n) is 11.6. The molecule has 0 spiro atoms. The van der Waals surface area contributed by atoms with Crippen LogP contribution in [-0.4, -0.2) is 39.1 Å². The third kappa shape index (κ3) is 3.36. The van der Waals surface area contributed by atoms with E-state index in [1.165, 1.54) is 17.4 Å². The lowest BCUT2D eigenvalue weighted by Gasteiger charge is -2.26. The Kier molecular flexibility index (Phi) is 4.75. The first-order valence-electron chi connectivity index (χ1n) is 6.77. The number of carboxylic acids is 1. The molecule has 2 rings (SSSR count). The van der Waals surface area contributed by atoms with Gasteiger partial charge in [0.05, 0.1) is 0 Å². The van der Waals surface area contributed by atoms with Crippen LogP contribution in [-0.2, 0) is 11.3 Å². The number of amides is 1. The molecule has 1 heterocycles. The van der Waals surface area contributed by atoms with E-state index in [9.17, 15) is 9.59 Å². The summed E-state index contributed by atoms with van der Waals surface area (Å²) in [5.41, 5.74) is 0.404. The number of carbonyl (C=O) groups excluding carboxylic acids is 1. The van der Waals surface area contributed by atoms with Crippen molar-refractivity contribution < 1.29 is 14.7 Å². The third-order valence-corrected chi connectivity index (χ3v) is 5.31. The number of nitrogens with one attached hydrogen (secondary N) is 1. The second kappa shape index (κ2) is 6.35. The maximum absolute atomic E-state index is 12.2. The molecule has 6 heteroatoms. The zero-order valence-corrected chi connectivity index (χ0v) is 12.4. The van der Waals surface area contributed by atoms with Gasteiger partial charge >= 0.3 is 5.97 Å². The van der Waals surface area contributed by atoms with Gasteiger partial charge in [-0.05, 0) is 31.2 Å².